The van der Waals surface area contributed by atoms with Crippen LogP contribution >= 0.6 is 0 Å². The number of hydrogen-bond donors (Lipinski definition) is 0. The third kappa shape index (κ3) is 3.82. The molecule has 0 saturated carbocycles. The van der Waals surface area contributed by atoms with E-state index >= 15 is 0 Å². The number of aromatic nitrogens is 5. The molecule has 7 nitrogen and oxygen atoms in total. The zero-order valence-corrected chi connectivity index (χ0v) is 16.5. The fraction of sp³-hybridized carbons (Fsp3) is 0.174. The second-order valence-electron chi connectivity index (χ2n) is 7.05. The van der Waals surface area contributed by atoms with Gasteiger partial charge in [-0.2, -0.15) is 0 Å². The number of rotatable bonds is 4. The summed E-state index contributed by atoms with van der Waals surface area (Å²) in [7, 11) is 0. The lowest BCUT2D eigenvalue weighted by atomic mass is 10.2. The first kappa shape index (κ1) is 18.2. The third-order valence-corrected chi connectivity index (χ3v) is 5.14. The molecule has 5 rings (SSSR count). The summed E-state index contributed by atoms with van der Waals surface area (Å²) in [5, 5.41) is 0. The normalized spacial score (nSPS) is 14.0. The highest BCUT2D eigenvalue weighted by Gasteiger charge is 2.21. The van der Waals surface area contributed by atoms with Gasteiger partial charge in [0.25, 0.3) is 0 Å². The Kier molecular flexibility index (Phi) is 4.99. The van der Waals surface area contributed by atoms with Crippen LogP contribution in [0.25, 0.3) is 22.8 Å². The number of anilines is 2. The van der Waals surface area contributed by atoms with E-state index in [9.17, 15) is 0 Å². The van der Waals surface area contributed by atoms with E-state index in [1.165, 1.54) is 0 Å². The van der Waals surface area contributed by atoms with Crippen LogP contribution in [0.2, 0.25) is 0 Å². The molecule has 4 aromatic heterocycles. The predicted octanol–water partition coefficient (Wildman–Crippen LogP) is 3.32. The van der Waals surface area contributed by atoms with E-state index in [2.05, 4.69) is 30.8 Å². The van der Waals surface area contributed by atoms with Crippen LogP contribution in [0.5, 0.6) is 0 Å². The van der Waals surface area contributed by atoms with E-state index in [1.54, 1.807) is 18.6 Å². The molecule has 1 aliphatic heterocycles. The van der Waals surface area contributed by atoms with Crippen molar-refractivity contribution in [2.45, 2.75) is 0 Å². The lowest BCUT2D eigenvalue weighted by Crippen LogP contribution is -2.47. The van der Waals surface area contributed by atoms with Crippen molar-refractivity contribution in [2.75, 3.05) is 36.0 Å². The van der Waals surface area contributed by atoms with Gasteiger partial charge >= 0.3 is 0 Å². The molecule has 0 N–H and O–H groups in total. The Hall–Kier alpha value is -3.87. The average molecular weight is 395 g/mol. The molecular formula is C23H21N7. The summed E-state index contributed by atoms with van der Waals surface area (Å²) in [5.41, 5.74) is 2.54. The number of nitrogens with zero attached hydrogens (tertiary/aromatic N) is 7. The van der Waals surface area contributed by atoms with E-state index in [-0.39, 0.29) is 0 Å². The molecule has 0 unspecified atom stereocenters. The van der Waals surface area contributed by atoms with E-state index in [1.807, 2.05) is 54.7 Å². The zero-order valence-electron chi connectivity index (χ0n) is 16.5. The van der Waals surface area contributed by atoms with Gasteiger partial charge in [-0.1, -0.05) is 12.1 Å². The Labute approximate surface area is 175 Å². The Morgan fingerprint density at radius 3 is 2.07 bits per heavy atom. The van der Waals surface area contributed by atoms with Gasteiger partial charge in [0.2, 0.25) is 0 Å². The lowest BCUT2D eigenvalue weighted by molar-refractivity contribution is 0.641. The minimum Gasteiger partial charge on any atom is -0.353 e. The molecule has 0 atom stereocenters. The molecule has 1 fully saturated rings. The monoisotopic (exact) mass is 395 g/mol. The Bertz CT molecular complexity index is 1040. The minimum atomic E-state index is 0.661. The largest absolute Gasteiger partial charge is 0.353 e. The first-order valence-corrected chi connectivity index (χ1v) is 9.99. The first-order chi connectivity index (χ1) is 14.9. The van der Waals surface area contributed by atoms with Crippen LogP contribution in [0.15, 0.2) is 79.4 Å². The van der Waals surface area contributed by atoms with E-state index in [4.69, 9.17) is 9.97 Å². The number of piperazine rings is 1. The van der Waals surface area contributed by atoms with Crippen LogP contribution in [0.4, 0.5) is 11.6 Å². The molecule has 0 spiro atoms. The van der Waals surface area contributed by atoms with Crippen molar-refractivity contribution in [2.24, 2.45) is 0 Å². The van der Waals surface area contributed by atoms with E-state index in [0.717, 1.165) is 54.8 Å². The molecule has 1 saturated heterocycles. The molecule has 0 aromatic carbocycles. The topological polar surface area (TPSA) is 70.9 Å². The summed E-state index contributed by atoms with van der Waals surface area (Å²) in [6.07, 6.45) is 7.17. The smallest absolute Gasteiger partial charge is 0.163 e. The van der Waals surface area contributed by atoms with Gasteiger partial charge in [-0.05, 0) is 36.4 Å². The van der Waals surface area contributed by atoms with Gasteiger partial charge in [0.05, 0.1) is 11.4 Å². The van der Waals surface area contributed by atoms with Gasteiger partial charge in [-0.15, -0.1) is 0 Å². The molecule has 0 aliphatic carbocycles. The van der Waals surface area contributed by atoms with Gasteiger partial charge in [-0.25, -0.2) is 15.0 Å². The van der Waals surface area contributed by atoms with Crippen molar-refractivity contribution in [3.05, 3.63) is 79.4 Å². The van der Waals surface area contributed by atoms with Crippen molar-refractivity contribution in [1.82, 2.24) is 24.9 Å². The van der Waals surface area contributed by atoms with Crippen LogP contribution in [-0.4, -0.2) is 51.1 Å². The summed E-state index contributed by atoms with van der Waals surface area (Å²) in [6, 6.07) is 17.8. The SMILES string of the molecule is c1ccc(-c2cc(N3CCN(c4ccccn4)CC3)nc(-c3cccnc3)n2)nc1. The van der Waals surface area contributed by atoms with Crippen molar-refractivity contribution in [3.63, 3.8) is 0 Å². The van der Waals surface area contributed by atoms with Crippen molar-refractivity contribution >= 4 is 11.6 Å². The Balaban J connectivity index is 1.46. The molecule has 148 valence electrons. The second-order valence-corrected chi connectivity index (χ2v) is 7.05. The number of pyridine rings is 3. The fourth-order valence-corrected chi connectivity index (χ4v) is 3.57. The van der Waals surface area contributed by atoms with Gasteiger partial charge in [0.15, 0.2) is 5.82 Å². The van der Waals surface area contributed by atoms with Crippen molar-refractivity contribution < 1.29 is 0 Å². The van der Waals surface area contributed by atoms with E-state index in [0.29, 0.717) is 5.82 Å². The van der Waals surface area contributed by atoms with Crippen LogP contribution < -0.4 is 9.80 Å². The molecule has 5 heterocycles. The summed E-state index contributed by atoms with van der Waals surface area (Å²) in [6.45, 7) is 3.51. The average Bonchev–Trinajstić information content (AvgIpc) is 2.85. The summed E-state index contributed by atoms with van der Waals surface area (Å²) in [4.78, 5) is 27.4. The van der Waals surface area contributed by atoms with E-state index < -0.39 is 0 Å². The van der Waals surface area contributed by atoms with Crippen molar-refractivity contribution in [1.29, 1.82) is 0 Å². The lowest BCUT2D eigenvalue weighted by Gasteiger charge is -2.36. The maximum absolute atomic E-state index is 4.86. The molecule has 0 bridgehead atoms. The molecule has 7 heteroatoms. The zero-order chi connectivity index (χ0) is 20.2. The van der Waals surface area contributed by atoms with Crippen molar-refractivity contribution in [3.8, 4) is 22.8 Å². The molecule has 1 aliphatic rings. The summed E-state index contributed by atoms with van der Waals surface area (Å²) >= 11 is 0. The maximum atomic E-state index is 4.86. The molecular weight excluding hydrogens is 374 g/mol. The molecule has 4 aromatic rings. The quantitative estimate of drug-likeness (QED) is 0.525. The highest BCUT2D eigenvalue weighted by molar-refractivity contribution is 5.65. The number of hydrogen-bond acceptors (Lipinski definition) is 7. The fourth-order valence-electron chi connectivity index (χ4n) is 3.57. The molecule has 0 amide bonds. The van der Waals surface area contributed by atoms with Gasteiger partial charge in [-0.3, -0.25) is 9.97 Å². The van der Waals surface area contributed by atoms with Crippen LogP contribution in [0.3, 0.4) is 0 Å². The summed E-state index contributed by atoms with van der Waals surface area (Å²) < 4.78 is 0. The summed E-state index contributed by atoms with van der Waals surface area (Å²) in [5.74, 6) is 2.59. The second kappa shape index (κ2) is 8.24. The predicted molar refractivity (Wildman–Crippen MR) is 117 cm³/mol. The van der Waals surface area contributed by atoms with Crippen LogP contribution in [-0.2, 0) is 0 Å². The van der Waals surface area contributed by atoms with Gasteiger partial charge in [0.1, 0.15) is 11.6 Å². The minimum absolute atomic E-state index is 0.661. The standard InChI is InChI=1S/C23H21N7/c1-3-10-25-19(7-1)20-16-22(28-23(27-20)18-6-5-9-24-17-18)30-14-12-29(13-15-30)21-8-2-4-11-26-21/h1-11,16-17H,12-15H2. The van der Waals surface area contributed by atoms with Gasteiger partial charge < -0.3 is 9.80 Å². The van der Waals surface area contributed by atoms with Crippen LogP contribution in [0.1, 0.15) is 0 Å². The van der Waals surface area contributed by atoms with Crippen LogP contribution in [0, 0.1) is 0 Å². The Morgan fingerprint density at radius 2 is 1.40 bits per heavy atom. The van der Waals surface area contributed by atoms with Gasteiger partial charge in [0, 0.05) is 62.6 Å². The highest BCUT2D eigenvalue weighted by atomic mass is 15.3. The third-order valence-electron chi connectivity index (χ3n) is 5.14. The molecule has 30 heavy (non-hydrogen) atoms. The first-order valence-electron chi connectivity index (χ1n) is 9.99. The maximum Gasteiger partial charge on any atom is 0.163 e. The molecule has 0 radical (unpaired) electrons. The Morgan fingerprint density at radius 1 is 0.633 bits per heavy atom. The highest BCUT2D eigenvalue weighted by Crippen LogP contribution is 2.26.